The van der Waals surface area contributed by atoms with Gasteiger partial charge in [0.05, 0.1) is 11.6 Å². The molecule has 6 nitrogen and oxygen atoms in total. The smallest absolute Gasteiger partial charge is 0.415 e. The normalized spacial score (nSPS) is 11.4. The zero-order valence-electron chi connectivity index (χ0n) is 14.8. The lowest BCUT2D eigenvalue weighted by molar-refractivity contribution is 0.0401. The molecule has 0 aliphatic heterocycles. The maximum Gasteiger partial charge on any atom is 0.415 e. The summed E-state index contributed by atoms with van der Waals surface area (Å²) < 4.78 is 5.29. The number of amides is 1. The molecule has 0 heterocycles. The van der Waals surface area contributed by atoms with Crippen molar-refractivity contribution in [3.63, 3.8) is 0 Å². The van der Waals surface area contributed by atoms with E-state index in [-0.39, 0.29) is 5.84 Å². The van der Waals surface area contributed by atoms with Gasteiger partial charge in [-0.25, -0.2) is 4.79 Å². The van der Waals surface area contributed by atoms with E-state index in [0.29, 0.717) is 17.6 Å². The van der Waals surface area contributed by atoms with Crippen molar-refractivity contribution in [2.24, 2.45) is 0 Å². The molecule has 1 aromatic carbocycles. The van der Waals surface area contributed by atoms with E-state index in [9.17, 15) is 10.1 Å². The molecule has 0 aliphatic rings. The Labute approximate surface area is 143 Å². The largest absolute Gasteiger partial charge is 0.443 e. The second-order valence-electron chi connectivity index (χ2n) is 6.29. The maximum atomic E-state index is 12.1. The van der Waals surface area contributed by atoms with Crippen LogP contribution in [0.5, 0.6) is 0 Å². The lowest BCUT2D eigenvalue weighted by atomic mass is 10.00. The van der Waals surface area contributed by atoms with E-state index >= 15 is 0 Å². The molecule has 0 atom stereocenters. The molecule has 1 aromatic rings. The SMILES string of the molecule is CN/C=C(/Cc1ccccc1C#N)C(=N)N(C)C(=O)OC(C)(C)C. The first kappa shape index (κ1) is 19.2. The molecule has 0 saturated carbocycles. The van der Waals surface area contributed by atoms with Gasteiger partial charge in [-0.3, -0.25) is 10.3 Å². The van der Waals surface area contributed by atoms with Gasteiger partial charge in [0.25, 0.3) is 0 Å². The van der Waals surface area contributed by atoms with E-state index in [4.69, 9.17) is 10.1 Å². The van der Waals surface area contributed by atoms with Crippen LogP contribution in [-0.2, 0) is 11.2 Å². The molecule has 0 bridgehead atoms. The Balaban J connectivity index is 3.00. The molecule has 0 radical (unpaired) electrons. The molecule has 0 spiro atoms. The zero-order valence-corrected chi connectivity index (χ0v) is 14.8. The molecule has 2 N–H and O–H groups in total. The highest BCUT2D eigenvalue weighted by atomic mass is 16.6. The van der Waals surface area contributed by atoms with Gasteiger partial charge in [0.1, 0.15) is 11.4 Å². The predicted molar refractivity (Wildman–Crippen MR) is 93.7 cm³/mol. The van der Waals surface area contributed by atoms with Crippen LogP contribution < -0.4 is 5.32 Å². The number of amidine groups is 1. The lowest BCUT2D eigenvalue weighted by Crippen LogP contribution is -2.39. The highest BCUT2D eigenvalue weighted by Gasteiger charge is 2.24. The molecule has 0 aliphatic carbocycles. The van der Waals surface area contributed by atoms with Crippen molar-refractivity contribution in [1.82, 2.24) is 10.2 Å². The number of hydrogen-bond acceptors (Lipinski definition) is 5. The maximum absolute atomic E-state index is 12.1. The van der Waals surface area contributed by atoms with Crippen LogP contribution in [0.2, 0.25) is 0 Å². The summed E-state index contributed by atoms with van der Waals surface area (Å²) in [4.78, 5) is 13.3. The van der Waals surface area contributed by atoms with Crippen molar-refractivity contribution < 1.29 is 9.53 Å². The van der Waals surface area contributed by atoms with Gasteiger partial charge in [-0.2, -0.15) is 5.26 Å². The number of hydrogen-bond donors (Lipinski definition) is 2. The molecule has 0 aromatic heterocycles. The zero-order chi connectivity index (χ0) is 18.3. The summed E-state index contributed by atoms with van der Waals surface area (Å²) in [5, 5.41) is 20.4. The average Bonchev–Trinajstić information content (AvgIpc) is 2.51. The monoisotopic (exact) mass is 328 g/mol. The first-order valence-corrected chi connectivity index (χ1v) is 7.59. The number of rotatable bonds is 4. The predicted octanol–water partition coefficient (Wildman–Crippen LogP) is 3.05. The molecular formula is C18H24N4O2. The van der Waals surface area contributed by atoms with Gasteiger partial charge >= 0.3 is 6.09 Å². The average molecular weight is 328 g/mol. The summed E-state index contributed by atoms with van der Waals surface area (Å²) in [6, 6.07) is 9.34. The van der Waals surface area contributed by atoms with Crippen LogP contribution >= 0.6 is 0 Å². The second kappa shape index (κ2) is 8.16. The lowest BCUT2D eigenvalue weighted by Gasteiger charge is -2.25. The standard InChI is InChI=1S/C18H24N4O2/c1-18(2,3)24-17(23)22(5)16(20)15(12-21-4)10-13-8-6-7-9-14(13)11-19/h6-9,12,20-21H,10H2,1-5H3/b15-12-,20-16?. The Morgan fingerprint density at radius 1 is 1.42 bits per heavy atom. The second-order valence-corrected chi connectivity index (χ2v) is 6.29. The number of nitrogens with zero attached hydrogens (tertiary/aromatic N) is 2. The number of carbonyl (C=O) groups excluding carboxylic acids is 1. The van der Waals surface area contributed by atoms with E-state index in [1.54, 1.807) is 46.2 Å². The Morgan fingerprint density at radius 3 is 2.58 bits per heavy atom. The molecule has 128 valence electrons. The fourth-order valence-corrected chi connectivity index (χ4v) is 2.00. The summed E-state index contributed by atoms with van der Waals surface area (Å²) >= 11 is 0. The minimum absolute atomic E-state index is 0.0198. The minimum Gasteiger partial charge on any atom is -0.443 e. The third-order valence-corrected chi connectivity index (χ3v) is 3.14. The first-order valence-electron chi connectivity index (χ1n) is 7.59. The Kier molecular flexibility index (Phi) is 6.54. The van der Waals surface area contributed by atoms with E-state index in [2.05, 4.69) is 11.4 Å². The number of nitrogens with one attached hydrogen (secondary N) is 2. The van der Waals surface area contributed by atoms with Gasteiger partial charge in [-0.1, -0.05) is 18.2 Å². The van der Waals surface area contributed by atoms with Crippen LogP contribution in [0.25, 0.3) is 0 Å². The van der Waals surface area contributed by atoms with Gasteiger partial charge in [0.15, 0.2) is 0 Å². The summed E-state index contributed by atoms with van der Waals surface area (Å²) in [5.74, 6) is 0.0198. The number of likely N-dealkylation sites (N-methyl/N-ethyl adjacent to an activating group) is 1. The fraction of sp³-hybridized carbons (Fsp3) is 0.389. The summed E-state index contributed by atoms with van der Waals surface area (Å²) in [6.45, 7) is 5.32. The van der Waals surface area contributed by atoms with Gasteiger partial charge in [-0.05, 0) is 32.4 Å². The van der Waals surface area contributed by atoms with Gasteiger partial charge in [0.2, 0.25) is 0 Å². The number of nitriles is 1. The van der Waals surface area contributed by atoms with Crippen molar-refractivity contribution in [2.75, 3.05) is 14.1 Å². The highest BCUT2D eigenvalue weighted by molar-refractivity contribution is 6.04. The first-order chi connectivity index (χ1) is 11.2. The third kappa shape index (κ3) is 5.43. The summed E-state index contributed by atoms with van der Waals surface area (Å²) in [5.41, 5.74) is 1.29. The molecule has 0 unspecified atom stereocenters. The highest BCUT2D eigenvalue weighted by Crippen LogP contribution is 2.16. The summed E-state index contributed by atoms with van der Waals surface area (Å²) in [6.07, 6.45) is 1.41. The number of benzene rings is 1. The Bertz CT molecular complexity index is 681. The van der Waals surface area contributed by atoms with E-state index in [1.165, 1.54) is 7.05 Å². The van der Waals surface area contributed by atoms with E-state index in [1.807, 2.05) is 12.1 Å². The van der Waals surface area contributed by atoms with Crippen LogP contribution in [0, 0.1) is 16.7 Å². The van der Waals surface area contributed by atoms with E-state index < -0.39 is 11.7 Å². The molecule has 24 heavy (non-hydrogen) atoms. The van der Waals surface area contributed by atoms with Gasteiger partial charge in [-0.15, -0.1) is 0 Å². The fourth-order valence-electron chi connectivity index (χ4n) is 2.00. The van der Waals surface area contributed by atoms with Crippen molar-refractivity contribution in [1.29, 1.82) is 10.7 Å². The van der Waals surface area contributed by atoms with Gasteiger partial charge < -0.3 is 10.1 Å². The van der Waals surface area contributed by atoms with Crippen molar-refractivity contribution in [2.45, 2.75) is 32.8 Å². The van der Waals surface area contributed by atoms with Crippen LogP contribution in [0.15, 0.2) is 36.0 Å². The molecule has 1 rings (SSSR count). The Hall–Kier alpha value is -2.81. The van der Waals surface area contributed by atoms with Crippen molar-refractivity contribution in [3.05, 3.63) is 47.2 Å². The minimum atomic E-state index is -0.633. The molecular weight excluding hydrogens is 304 g/mol. The Morgan fingerprint density at radius 2 is 2.04 bits per heavy atom. The number of ether oxygens (including phenoxy) is 1. The molecule has 1 amide bonds. The third-order valence-electron chi connectivity index (χ3n) is 3.14. The van der Waals surface area contributed by atoms with E-state index in [0.717, 1.165) is 10.5 Å². The van der Waals surface area contributed by atoms with Crippen LogP contribution in [0.4, 0.5) is 4.79 Å². The molecule has 6 heteroatoms. The van der Waals surface area contributed by atoms with Crippen LogP contribution in [0.3, 0.4) is 0 Å². The number of carbonyl (C=O) groups is 1. The van der Waals surface area contributed by atoms with Crippen molar-refractivity contribution >= 4 is 11.9 Å². The topological polar surface area (TPSA) is 89.2 Å². The quantitative estimate of drug-likeness (QED) is 0.656. The van der Waals surface area contributed by atoms with Gasteiger partial charge in [0, 0.05) is 32.3 Å². The van der Waals surface area contributed by atoms with Crippen LogP contribution in [0.1, 0.15) is 31.9 Å². The van der Waals surface area contributed by atoms with Crippen molar-refractivity contribution in [3.8, 4) is 6.07 Å². The summed E-state index contributed by atoms with van der Waals surface area (Å²) in [7, 11) is 3.22. The molecule has 0 fully saturated rings. The molecule has 0 saturated heterocycles. The van der Waals surface area contributed by atoms with Crippen LogP contribution in [-0.4, -0.2) is 36.5 Å².